The zero-order chi connectivity index (χ0) is 10.9. The first-order valence-corrected chi connectivity index (χ1v) is 3.67. The van der Waals surface area contributed by atoms with Crippen molar-refractivity contribution in [3.05, 3.63) is 36.6 Å². The first kappa shape index (κ1) is 14.0. The van der Waals surface area contributed by atoms with E-state index in [2.05, 4.69) is 13.2 Å². The van der Waals surface area contributed by atoms with Gasteiger partial charge < -0.3 is 9.84 Å². The van der Waals surface area contributed by atoms with Crippen LogP contribution in [0.15, 0.2) is 36.6 Å². The molecule has 3 heteroatoms. The molecule has 0 bridgehead atoms. The van der Waals surface area contributed by atoms with Crippen LogP contribution in [0.3, 0.4) is 0 Å². The number of hydrogen-bond acceptors (Lipinski definition) is 2. The molecular weight excluding hydrogens is 168 g/mol. The molecule has 0 saturated heterocycles. The van der Waals surface area contributed by atoms with E-state index in [-0.39, 0.29) is 0 Å². The molecule has 0 spiro atoms. The monoisotopic (exact) mass is 184 g/mol. The molecule has 1 N–H and O–H groups in total. The quantitative estimate of drug-likeness (QED) is 0.541. The smallest absolute Gasteiger partial charge is 0.300 e. The van der Waals surface area contributed by atoms with Crippen LogP contribution in [0.4, 0.5) is 0 Å². The molecule has 0 aliphatic rings. The highest BCUT2D eigenvalue weighted by atomic mass is 16.5. The molecule has 0 aromatic heterocycles. The van der Waals surface area contributed by atoms with Gasteiger partial charge in [0.15, 0.2) is 0 Å². The minimum atomic E-state index is -0.833. The molecule has 0 radical (unpaired) electrons. The van der Waals surface area contributed by atoms with Crippen molar-refractivity contribution in [2.24, 2.45) is 0 Å². The van der Waals surface area contributed by atoms with E-state index in [1.54, 1.807) is 19.3 Å². The van der Waals surface area contributed by atoms with Gasteiger partial charge in [0.25, 0.3) is 5.97 Å². The number of methoxy groups -OCH3 is 1. The number of ether oxygens (including phenoxy) is 1. The van der Waals surface area contributed by atoms with E-state index in [4.69, 9.17) is 14.6 Å². The zero-order valence-corrected chi connectivity index (χ0v) is 8.33. The van der Waals surface area contributed by atoms with Crippen LogP contribution < -0.4 is 0 Å². The Labute approximate surface area is 79.0 Å². The van der Waals surface area contributed by atoms with E-state index in [0.29, 0.717) is 0 Å². The first-order valence-electron chi connectivity index (χ1n) is 3.67. The number of carboxylic acids is 1. The second kappa shape index (κ2) is 8.59. The maximum atomic E-state index is 9.00. The molecule has 0 rings (SSSR count). The van der Waals surface area contributed by atoms with Gasteiger partial charge in [0.2, 0.25) is 0 Å². The lowest BCUT2D eigenvalue weighted by Crippen LogP contribution is -1.85. The Morgan fingerprint density at radius 1 is 1.46 bits per heavy atom. The third-order valence-electron chi connectivity index (χ3n) is 0.910. The Kier molecular flexibility index (Phi) is 9.27. The van der Waals surface area contributed by atoms with Crippen LogP contribution in [-0.4, -0.2) is 18.2 Å². The van der Waals surface area contributed by atoms with Crippen molar-refractivity contribution in [2.45, 2.75) is 13.8 Å². The van der Waals surface area contributed by atoms with E-state index in [1.807, 2.05) is 6.92 Å². The van der Waals surface area contributed by atoms with Crippen molar-refractivity contribution in [1.29, 1.82) is 0 Å². The summed E-state index contributed by atoms with van der Waals surface area (Å²) in [5, 5.41) is 7.42. The standard InChI is InChI=1S/C8H12O.C2H4O2/c1-5-6-8(9-4)7(2)3;1-2(3)4/h5-6H,1-2H2,3-4H3;1H3,(H,3,4)/b8-6+;. The molecule has 0 saturated carbocycles. The van der Waals surface area contributed by atoms with Gasteiger partial charge in [-0.2, -0.15) is 0 Å². The van der Waals surface area contributed by atoms with Crippen LogP contribution in [0, 0.1) is 0 Å². The topological polar surface area (TPSA) is 46.5 Å². The van der Waals surface area contributed by atoms with Crippen molar-refractivity contribution in [3.63, 3.8) is 0 Å². The van der Waals surface area contributed by atoms with E-state index >= 15 is 0 Å². The SMILES string of the molecule is C=C/C=C(/OC)C(=C)C.CC(=O)O. The van der Waals surface area contributed by atoms with Crippen molar-refractivity contribution in [3.8, 4) is 0 Å². The number of carboxylic acid groups (broad SMARTS) is 1. The predicted octanol–water partition coefficient (Wildman–Crippen LogP) is 2.37. The molecule has 0 aromatic rings. The molecule has 0 atom stereocenters. The molecule has 0 heterocycles. The average Bonchev–Trinajstić information content (AvgIpc) is 1.98. The van der Waals surface area contributed by atoms with E-state index in [0.717, 1.165) is 18.3 Å². The third kappa shape index (κ3) is 13.5. The molecule has 0 aromatic carbocycles. The Balaban J connectivity index is 0. The minimum Gasteiger partial charge on any atom is -0.497 e. The summed E-state index contributed by atoms with van der Waals surface area (Å²) < 4.78 is 4.94. The van der Waals surface area contributed by atoms with Gasteiger partial charge in [0.05, 0.1) is 7.11 Å². The molecule has 0 unspecified atom stereocenters. The fourth-order valence-electron chi connectivity index (χ4n) is 0.492. The van der Waals surface area contributed by atoms with Crippen LogP contribution >= 0.6 is 0 Å². The molecule has 0 amide bonds. The number of allylic oxidation sites excluding steroid dienone is 3. The van der Waals surface area contributed by atoms with Gasteiger partial charge in [0.1, 0.15) is 5.76 Å². The van der Waals surface area contributed by atoms with Crippen molar-refractivity contribution in [2.75, 3.05) is 7.11 Å². The van der Waals surface area contributed by atoms with Gasteiger partial charge in [-0.05, 0) is 18.6 Å². The summed E-state index contributed by atoms with van der Waals surface area (Å²) >= 11 is 0. The van der Waals surface area contributed by atoms with Crippen LogP contribution in [0.5, 0.6) is 0 Å². The van der Waals surface area contributed by atoms with Crippen molar-refractivity contribution >= 4 is 5.97 Å². The Morgan fingerprint density at radius 3 is 1.92 bits per heavy atom. The van der Waals surface area contributed by atoms with Gasteiger partial charge in [-0.15, -0.1) is 0 Å². The fourth-order valence-corrected chi connectivity index (χ4v) is 0.492. The van der Waals surface area contributed by atoms with Gasteiger partial charge in [0, 0.05) is 6.92 Å². The highest BCUT2D eigenvalue weighted by Gasteiger charge is 1.91. The summed E-state index contributed by atoms with van der Waals surface area (Å²) in [6.45, 7) is 10.2. The van der Waals surface area contributed by atoms with Crippen LogP contribution in [0.2, 0.25) is 0 Å². The first-order chi connectivity index (χ1) is 5.95. The highest BCUT2D eigenvalue weighted by Crippen LogP contribution is 2.05. The minimum absolute atomic E-state index is 0.782. The molecule has 3 nitrogen and oxygen atoms in total. The highest BCUT2D eigenvalue weighted by molar-refractivity contribution is 5.62. The largest absolute Gasteiger partial charge is 0.497 e. The maximum absolute atomic E-state index is 9.00. The van der Waals surface area contributed by atoms with E-state index in [1.165, 1.54) is 0 Å². The van der Waals surface area contributed by atoms with E-state index in [9.17, 15) is 0 Å². The summed E-state index contributed by atoms with van der Waals surface area (Å²) in [5.74, 6) is -0.0509. The zero-order valence-electron chi connectivity index (χ0n) is 8.33. The number of rotatable bonds is 3. The number of carbonyl (C=O) groups is 1. The van der Waals surface area contributed by atoms with Gasteiger partial charge in [-0.3, -0.25) is 4.79 Å². The summed E-state index contributed by atoms with van der Waals surface area (Å²) in [7, 11) is 1.62. The van der Waals surface area contributed by atoms with Gasteiger partial charge >= 0.3 is 0 Å². The molecule has 0 aliphatic carbocycles. The third-order valence-corrected chi connectivity index (χ3v) is 0.910. The maximum Gasteiger partial charge on any atom is 0.300 e. The van der Waals surface area contributed by atoms with Gasteiger partial charge in [-0.25, -0.2) is 0 Å². The second-order valence-electron chi connectivity index (χ2n) is 2.27. The van der Waals surface area contributed by atoms with Crippen LogP contribution in [-0.2, 0) is 9.53 Å². The van der Waals surface area contributed by atoms with Crippen LogP contribution in [0.25, 0.3) is 0 Å². The fraction of sp³-hybridized carbons (Fsp3) is 0.300. The number of aliphatic carboxylic acids is 1. The lowest BCUT2D eigenvalue weighted by molar-refractivity contribution is -0.134. The van der Waals surface area contributed by atoms with E-state index < -0.39 is 5.97 Å². The van der Waals surface area contributed by atoms with Gasteiger partial charge in [-0.1, -0.05) is 19.2 Å². The molecular formula is C10H16O3. The lowest BCUT2D eigenvalue weighted by atomic mass is 10.3. The molecule has 74 valence electrons. The van der Waals surface area contributed by atoms with Crippen molar-refractivity contribution < 1.29 is 14.6 Å². The Hall–Kier alpha value is -1.51. The normalized spacial score (nSPS) is 9.31. The lowest BCUT2D eigenvalue weighted by Gasteiger charge is -2.01. The number of hydrogen-bond donors (Lipinski definition) is 1. The molecule has 13 heavy (non-hydrogen) atoms. The Morgan fingerprint density at radius 2 is 1.85 bits per heavy atom. The average molecular weight is 184 g/mol. The Bertz CT molecular complexity index is 210. The summed E-state index contributed by atoms with van der Waals surface area (Å²) in [6, 6.07) is 0. The summed E-state index contributed by atoms with van der Waals surface area (Å²) in [4.78, 5) is 9.00. The predicted molar refractivity (Wildman–Crippen MR) is 53.4 cm³/mol. The van der Waals surface area contributed by atoms with Crippen LogP contribution in [0.1, 0.15) is 13.8 Å². The summed E-state index contributed by atoms with van der Waals surface area (Å²) in [6.07, 6.45) is 3.45. The summed E-state index contributed by atoms with van der Waals surface area (Å²) in [5.41, 5.74) is 0.914. The molecule has 0 fully saturated rings. The molecule has 0 aliphatic heterocycles. The van der Waals surface area contributed by atoms with Crippen molar-refractivity contribution in [1.82, 2.24) is 0 Å². The second-order valence-corrected chi connectivity index (χ2v) is 2.27.